The molecule has 1 heterocycles. The van der Waals surface area contributed by atoms with Crippen LogP contribution in [0.3, 0.4) is 0 Å². The molecule has 3 rings (SSSR count). The van der Waals surface area contributed by atoms with Crippen molar-refractivity contribution in [1.29, 1.82) is 0 Å². The second-order valence-electron chi connectivity index (χ2n) is 4.96. The van der Waals surface area contributed by atoms with Crippen molar-refractivity contribution >= 4 is 5.78 Å². The van der Waals surface area contributed by atoms with E-state index in [0.29, 0.717) is 5.78 Å². The van der Waals surface area contributed by atoms with Gasteiger partial charge in [0.15, 0.2) is 5.78 Å². The van der Waals surface area contributed by atoms with Gasteiger partial charge in [0.05, 0.1) is 11.5 Å². The summed E-state index contributed by atoms with van der Waals surface area (Å²) < 4.78 is 0. The molecule has 0 radical (unpaired) electrons. The van der Waals surface area contributed by atoms with Gasteiger partial charge < -0.3 is 5.32 Å². The van der Waals surface area contributed by atoms with Gasteiger partial charge in [-0.25, -0.2) is 0 Å². The normalized spacial score (nSPS) is 26.6. The molecule has 1 aromatic carbocycles. The number of carbonyl (C=O) groups is 1. The van der Waals surface area contributed by atoms with Gasteiger partial charge >= 0.3 is 0 Å². The number of rotatable bonds is 3. The van der Waals surface area contributed by atoms with E-state index in [9.17, 15) is 4.79 Å². The number of ketones is 1. The molecule has 0 aromatic heterocycles. The van der Waals surface area contributed by atoms with Gasteiger partial charge in [0.25, 0.3) is 0 Å². The van der Waals surface area contributed by atoms with Gasteiger partial charge in [0.2, 0.25) is 0 Å². The molecule has 1 atom stereocenters. The van der Waals surface area contributed by atoms with Gasteiger partial charge in [-0.3, -0.25) is 4.79 Å². The van der Waals surface area contributed by atoms with E-state index in [1.54, 1.807) is 0 Å². The van der Waals surface area contributed by atoms with Crippen molar-refractivity contribution < 1.29 is 4.79 Å². The maximum absolute atomic E-state index is 12.5. The molecule has 0 bridgehead atoms. The Morgan fingerprint density at radius 2 is 2.00 bits per heavy atom. The van der Waals surface area contributed by atoms with Gasteiger partial charge in [-0.15, -0.1) is 0 Å². The second kappa shape index (κ2) is 3.70. The zero-order valence-corrected chi connectivity index (χ0v) is 9.41. The third kappa shape index (κ3) is 1.49. The Morgan fingerprint density at radius 1 is 1.25 bits per heavy atom. The van der Waals surface area contributed by atoms with Gasteiger partial charge in [-0.05, 0) is 37.8 Å². The molecule has 2 heteroatoms. The molecule has 1 saturated heterocycles. The summed E-state index contributed by atoms with van der Waals surface area (Å²) in [5, 5.41) is 3.32. The summed E-state index contributed by atoms with van der Waals surface area (Å²) in [5.74, 6) is 0.427. The van der Waals surface area contributed by atoms with E-state index >= 15 is 0 Å². The van der Waals surface area contributed by atoms with E-state index in [-0.39, 0.29) is 11.5 Å². The minimum Gasteiger partial charge on any atom is -0.307 e. The fourth-order valence-corrected chi connectivity index (χ4v) is 2.80. The van der Waals surface area contributed by atoms with Crippen LogP contribution >= 0.6 is 0 Å². The lowest BCUT2D eigenvalue weighted by Crippen LogP contribution is -2.38. The maximum Gasteiger partial charge on any atom is 0.160 e. The summed E-state index contributed by atoms with van der Waals surface area (Å²) in [4.78, 5) is 12.5. The zero-order chi connectivity index (χ0) is 11.0. The first-order valence-electron chi connectivity index (χ1n) is 6.16. The molecule has 1 N–H and O–H groups in total. The minimum atomic E-state index is -0.136. The minimum absolute atomic E-state index is 0.114. The van der Waals surface area contributed by atoms with Crippen molar-refractivity contribution in [1.82, 2.24) is 5.32 Å². The van der Waals surface area contributed by atoms with Crippen LogP contribution < -0.4 is 5.32 Å². The van der Waals surface area contributed by atoms with Gasteiger partial charge in [0.1, 0.15) is 0 Å². The number of hydrogen-bond acceptors (Lipinski definition) is 2. The maximum atomic E-state index is 12.5. The van der Waals surface area contributed by atoms with E-state index in [0.717, 1.165) is 32.2 Å². The molecule has 1 aliphatic carbocycles. The van der Waals surface area contributed by atoms with Crippen LogP contribution in [0.4, 0.5) is 0 Å². The summed E-state index contributed by atoms with van der Waals surface area (Å²) in [6, 6.07) is 10.4. The summed E-state index contributed by atoms with van der Waals surface area (Å²) >= 11 is 0. The summed E-state index contributed by atoms with van der Waals surface area (Å²) in [7, 11) is 0. The molecule has 1 unspecified atom stereocenters. The van der Waals surface area contributed by atoms with Crippen molar-refractivity contribution in [3.8, 4) is 0 Å². The van der Waals surface area contributed by atoms with E-state index in [4.69, 9.17) is 0 Å². The van der Waals surface area contributed by atoms with Crippen LogP contribution in [-0.4, -0.2) is 18.4 Å². The van der Waals surface area contributed by atoms with Crippen LogP contribution in [0.2, 0.25) is 0 Å². The molecule has 1 saturated carbocycles. The first-order valence-corrected chi connectivity index (χ1v) is 6.16. The summed E-state index contributed by atoms with van der Waals surface area (Å²) in [6.45, 7) is 1.00. The highest BCUT2D eigenvalue weighted by atomic mass is 16.1. The third-order valence-electron chi connectivity index (χ3n) is 3.92. The largest absolute Gasteiger partial charge is 0.307 e. The summed E-state index contributed by atoms with van der Waals surface area (Å²) in [6.07, 6.45) is 4.23. The summed E-state index contributed by atoms with van der Waals surface area (Å²) in [5.41, 5.74) is 1.08. The monoisotopic (exact) mass is 215 g/mol. The van der Waals surface area contributed by atoms with Crippen LogP contribution in [0.1, 0.15) is 31.2 Å². The molecule has 2 fully saturated rings. The SMILES string of the molecule is O=C(C1CCCN1)C1(c2ccccc2)CC1. The molecule has 1 aromatic rings. The number of hydrogen-bond donors (Lipinski definition) is 1. The molecule has 0 spiro atoms. The predicted octanol–water partition coefficient (Wildman–Crippen LogP) is 2.04. The van der Waals surface area contributed by atoms with Crippen molar-refractivity contribution in [2.24, 2.45) is 0 Å². The number of benzene rings is 1. The van der Waals surface area contributed by atoms with E-state index in [2.05, 4.69) is 17.4 Å². The van der Waals surface area contributed by atoms with E-state index < -0.39 is 0 Å². The lowest BCUT2D eigenvalue weighted by Gasteiger charge is -2.19. The standard InChI is InChI=1S/C14H17NO/c16-13(12-7-4-10-15-12)14(8-9-14)11-5-2-1-3-6-11/h1-3,5-6,12,15H,4,7-10H2. The molecule has 2 aliphatic rings. The Kier molecular flexibility index (Phi) is 2.32. The van der Waals surface area contributed by atoms with Crippen molar-refractivity contribution in [3.63, 3.8) is 0 Å². The Morgan fingerprint density at radius 3 is 2.56 bits per heavy atom. The molecule has 2 nitrogen and oxygen atoms in total. The van der Waals surface area contributed by atoms with E-state index in [1.165, 1.54) is 5.56 Å². The molecule has 0 amide bonds. The van der Waals surface area contributed by atoms with Gasteiger partial charge in [-0.1, -0.05) is 30.3 Å². The highest BCUT2D eigenvalue weighted by Crippen LogP contribution is 2.50. The second-order valence-corrected chi connectivity index (χ2v) is 4.96. The molecule has 16 heavy (non-hydrogen) atoms. The van der Waals surface area contributed by atoms with Crippen LogP contribution in [0, 0.1) is 0 Å². The molecular weight excluding hydrogens is 198 g/mol. The third-order valence-corrected chi connectivity index (χ3v) is 3.92. The fraction of sp³-hybridized carbons (Fsp3) is 0.500. The van der Waals surface area contributed by atoms with Crippen LogP contribution in [0.15, 0.2) is 30.3 Å². The molecule has 1 aliphatic heterocycles. The molecular formula is C14H17NO. The quantitative estimate of drug-likeness (QED) is 0.836. The number of nitrogens with one attached hydrogen (secondary N) is 1. The zero-order valence-electron chi connectivity index (χ0n) is 9.41. The average molecular weight is 215 g/mol. The topological polar surface area (TPSA) is 29.1 Å². The van der Waals surface area contributed by atoms with Crippen LogP contribution in [-0.2, 0) is 10.2 Å². The fourth-order valence-electron chi connectivity index (χ4n) is 2.80. The first kappa shape index (κ1) is 10.0. The molecule has 84 valence electrons. The number of Topliss-reactive ketones (excluding diaryl/α,β-unsaturated/α-hetero) is 1. The number of carbonyl (C=O) groups excluding carboxylic acids is 1. The Balaban J connectivity index is 1.86. The first-order chi connectivity index (χ1) is 7.83. The Labute approximate surface area is 96.1 Å². The lowest BCUT2D eigenvalue weighted by molar-refractivity contribution is -0.123. The van der Waals surface area contributed by atoms with E-state index in [1.807, 2.05) is 18.2 Å². The van der Waals surface area contributed by atoms with Crippen LogP contribution in [0.25, 0.3) is 0 Å². The highest BCUT2D eigenvalue weighted by Gasteiger charge is 2.53. The van der Waals surface area contributed by atoms with Crippen molar-refractivity contribution in [3.05, 3.63) is 35.9 Å². The van der Waals surface area contributed by atoms with Crippen molar-refractivity contribution in [2.75, 3.05) is 6.54 Å². The predicted molar refractivity (Wildman–Crippen MR) is 63.4 cm³/mol. The smallest absolute Gasteiger partial charge is 0.160 e. The Hall–Kier alpha value is -1.15. The lowest BCUT2D eigenvalue weighted by atomic mass is 9.87. The Bertz CT molecular complexity index is 388. The highest BCUT2D eigenvalue weighted by molar-refractivity contribution is 5.97. The van der Waals surface area contributed by atoms with Crippen molar-refractivity contribution in [2.45, 2.75) is 37.1 Å². The average Bonchev–Trinajstić information content (AvgIpc) is 2.97. The van der Waals surface area contributed by atoms with Crippen LogP contribution in [0.5, 0.6) is 0 Å². The van der Waals surface area contributed by atoms with Gasteiger partial charge in [-0.2, -0.15) is 0 Å². The van der Waals surface area contributed by atoms with Gasteiger partial charge in [0, 0.05) is 0 Å².